The van der Waals surface area contributed by atoms with Crippen LogP contribution in [0.1, 0.15) is 46.6 Å². The largest absolute Gasteiger partial charge is 0.298 e. The average Bonchev–Trinajstić information content (AvgIpc) is 2.90. The highest BCUT2D eigenvalue weighted by Crippen LogP contribution is 2.62. The molecule has 23 heavy (non-hydrogen) atoms. The lowest BCUT2D eigenvalue weighted by Gasteiger charge is -2.44. The van der Waals surface area contributed by atoms with Crippen molar-refractivity contribution in [3.8, 4) is 0 Å². The average molecular weight is 329 g/mol. The lowest BCUT2D eigenvalue weighted by atomic mass is 9.65. The molecule has 0 saturated heterocycles. The van der Waals surface area contributed by atoms with Crippen molar-refractivity contribution >= 4 is 34.1 Å². The molecule has 2 aliphatic rings. The van der Waals surface area contributed by atoms with Crippen LogP contribution in [-0.4, -0.2) is 21.4 Å². The van der Waals surface area contributed by atoms with Crippen LogP contribution in [-0.2, 0) is 16.0 Å². The first-order valence-corrected chi connectivity index (χ1v) is 8.82. The third kappa shape index (κ3) is 2.14. The van der Waals surface area contributed by atoms with Gasteiger partial charge in [-0.05, 0) is 29.4 Å². The molecular formula is C19H23NO2S. The maximum atomic E-state index is 12.9. The summed E-state index contributed by atoms with van der Waals surface area (Å²) >= 11 is 1.40. The molecular weight excluding hydrogens is 306 g/mol. The lowest BCUT2D eigenvalue weighted by Crippen LogP contribution is -2.52. The van der Waals surface area contributed by atoms with Crippen LogP contribution in [0.15, 0.2) is 29.3 Å². The molecule has 3 nitrogen and oxygen atoms in total. The predicted octanol–water partition coefficient (Wildman–Crippen LogP) is 4.36. The zero-order chi connectivity index (χ0) is 17.0. The number of hydrogen-bond acceptors (Lipinski definition) is 4. The van der Waals surface area contributed by atoms with E-state index in [0.29, 0.717) is 12.8 Å². The monoisotopic (exact) mass is 329 g/mol. The Balaban J connectivity index is 2.02. The number of ketones is 2. The number of thioether (sulfide) groups is 1. The number of fused-ring (bicyclic) bond motifs is 1. The number of aliphatic imine (C=N–C) groups is 1. The molecule has 1 aliphatic heterocycles. The van der Waals surface area contributed by atoms with E-state index in [0.717, 1.165) is 16.3 Å². The Kier molecular flexibility index (Phi) is 3.60. The zero-order valence-electron chi connectivity index (χ0n) is 14.4. The minimum absolute atomic E-state index is 0.0451. The molecule has 0 bridgehead atoms. The van der Waals surface area contributed by atoms with Crippen molar-refractivity contribution in [3.63, 3.8) is 0 Å². The van der Waals surface area contributed by atoms with E-state index in [2.05, 4.69) is 38.8 Å². The summed E-state index contributed by atoms with van der Waals surface area (Å²) in [6.07, 6.45) is 1.15. The zero-order valence-corrected chi connectivity index (χ0v) is 15.2. The third-order valence-corrected chi connectivity index (χ3v) is 7.72. The number of benzene rings is 1. The van der Waals surface area contributed by atoms with Crippen molar-refractivity contribution in [1.29, 1.82) is 0 Å². The number of hydrogen-bond donors (Lipinski definition) is 0. The predicted molar refractivity (Wildman–Crippen MR) is 95.4 cm³/mol. The molecule has 0 spiro atoms. The Labute approximate surface area is 142 Å². The first-order chi connectivity index (χ1) is 10.6. The summed E-state index contributed by atoms with van der Waals surface area (Å²) in [5, 5.41) is 0.875. The molecule has 4 heteroatoms. The molecule has 1 heterocycles. The van der Waals surface area contributed by atoms with Crippen LogP contribution in [0.25, 0.3) is 0 Å². The Hall–Kier alpha value is -1.42. The second kappa shape index (κ2) is 5.04. The summed E-state index contributed by atoms with van der Waals surface area (Å²) in [6, 6.07) is 7.99. The van der Waals surface area contributed by atoms with Crippen molar-refractivity contribution in [3.05, 3.63) is 29.8 Å². The first kappa shape index (κ1) is 16.4. The summed E-state index contributed by atoms with van der Waals surface area (Å²) in [7, 11) is 0. The van der Waals surface area contributed by atoms with Gasteiger partial charge in [0.05, 0.1) is 10.7 Å². The van der Waals surface area contributed by atoms with E-state index in [9.17, 15) is 9.59 Å². The minimum Gasteiger partial charge on any atom is -0.298 e. The van der Waals surface area contributed by atoms with Gasteiger partial charge in [0, 0.05) is 12.8 Å². The molecule has 1 unspecified atom stereocenters. The van der Waals surface area contributed by atoms with Gasteiger partial charge in [-0.25, -0.2) is 4.99 Å². The molecule has 1 fully saturated rings. The summed E-state index contributed by atoms with van der Waals surface area (Å²) in [6.45, 7) is 9.82. The SMILES string of the molecule is CC(=O)C1(SC2=Nc3ccccc3C2)C(=O)CC(C)(C)C1(C)C. The van der Waals surface area contributed by atoms with Gasteiger partial charge in [-0.2, -0.15) is 0 Å². The molecule has 0 N–H and O–H groups in total. The van der Waals surface area contributed by atoms with Gasteiger partial charge in [0.1, 0.15) is 4.75 Å². The minimum atomic E-state index is -1.03. The summed E-state index contributed by atoms with van der Waals surface area (Å²) < 4.78 is -1.03. The van der Waals surface area contributed by atoms with Gasteiger partial charge in [-0.15, -0.1) is 0 Å². The fourth-order valence-corrected chi connectivity index (χ4v) is 5.39. The van der Waals surface area contributed by atoms with E-state index in [1.807, 2.05) is 18.2 Å². The Bertz CT molecular complexity index is 733. The van der Waals surface area contributed by atoms with Crippen molar-refractivity contribution in [2.75, 3.05) is 0 Å². The second-order valence-electron chi connectivity index (χ2n) is 7.76. The molecule has 0 amide bonds. The lowest BCUT2D eigenvalue weighted by molar-refractivity contribution is -0.130. The Morgan fingerprint density at radius 1 is 1.17 bits per heavy atom. The smallest absolute Gasteiger partial charge is 0.157 e. The molecule has 0 aromatic heterocycles. The van der Waals surface area contributed by atoms with Crippen molar-refractivity contribution in [2.45, 2.75) is 52.2 Å². The van der Waals surface area contributed by atoms with Crippen LogP contribution >= 0.6 is 11.8 Å². The number of carbonyl (C=O) groups is 2. The molecule has 1 saturated carbocycles. The van der Waals surface area contributed by atoms with Crippen LogP contribution in [0, 0.1) is 10.8 Å². The van der Waals surface area contributed by atoms with Gasteiger partial charge >= 0.3 is 0 Å². The topological polar surface area (TPSA) is 46.5 Å². The highest BCUT2D eigenvalue weighted by atomic mass is 32.2. The van der Waals surface area contributed by atoms with E-state index in [1.54, 1.807) is 6.92 Å². The van der Waals surface area contributed by atoms with Crippen molar-refractivity contribution in [2.24, 2.45) is 15.8 Å². The van der Waals surface area contributed by atoms with Gasteiger partial charge in [0.25, 0.3) is 0 Å². The Morgan fingerprint density at radius 2 is 1.83 bits per heavy atom. The number of carbonyl (C=O) groups excluding carboxylic acids is 2. The van der Waals surface area contributed by atoms with Gasteiger partial charge in [0.15, 0.2) is 11.6 Å². The van der Waals surface area contributed by atoms with Crippen molar-refractivity contribution in [1.82, 2.24) is 0 Å². The maximum absolute atomic E-state index is 12.9. The van der Waals surface area contributed by atoms with E-state index >= 15 is 0 Å². The number of Topliss-reactive ketones (excluding diaryl/α,β-unsaturated/α-hetero) is 2. The normalized spacial score (nSPS) is 27.7. The summed E-state index contributed by atoms with van der Waals surface area (Å²) in [5.41, 5.74) is 1.48. The van der Waals surface area contributed by atoms with Crippen LogP contribution in [0.3, 0.4) is 0 Å². The van der Waals surface area contributed by atoms with Gasteiger partial charge < -0.3 is 0 Å². The fraction of sp³-hybridized carbons (Fsp3) is 0.526. The van der Waals surface area contributed by atoms with Gasteiger partial charge in [-0.1, -0.05) is 57.7 Å². The van der Waals surface area contributed by atoms with Crippen molar-refractivity contribution < 1.29 is 9.59 Å². The van der Waals surface area contributed by atoms with Gasteiger partial charge in [-0.3, -0.25) is 9.59 Å². The van der Waals surface area contributed by atoms with E-state index in [-0.39, 0.29) is 17.0 Å². The standard InChI is InChI=1S/C19H23NO2S/c1-12(21)19(15(22)11-17(2,3)18(19,4)5)23-16-10-13-8-6-7-9-14(13)20-16/h6-9H,10-11H2,1-5H3. The van der Waals surface area contributed by atoms with E-state index < -0.39 is 10.2 Å². The van der Waals surface area contributed by atoms with Crippen LogP contribution < -0.4 is 0 Å². The van der Waals surface area contributed by atoms with E-state index in [1.165, 1.54) is 11.8 Å². The van der Waals surface area contributed by atoms with E-state index in [4.69, 9.17) is 0 Å². The quantitative estimate of drug-likeness (QED) is 0.757. The number of rotatable bonds is 2. The Morgan fingerprint density at radius 3 is 2.35 bits per heavy atom. The molecule has 1 aromatic rings. The maximum Gasteiger partial charge on any atom is 0.157 e. The molecule has 1 atom stereocenters. The van der Waals surface area contributed by atoms with Crippen LogP contribution in [0.5, 0.6) is 0 Å². The molecule has 122 valence electrons. The molecule has 1 aromatic carbocycles. The molecule has 1 aliphatic carbocycles. The van der Waals surface area contributed by atoms with Gasteiger partial charge in [0.2, 0.25) is 0 Å². The number of para-hydroxylation sites is 1. The van der Waals surface area contributed by atoms with Crippen LogP contribution in [0.2, 0.25) is 0 Å². The first-order valence-electron chi connectivity index (χ1n) is 8.01. The highest BCUT2D eigenvalue weighted by Gasteiger charge is 2.67. The number of nitrogens with zero attached hydrogens (tertiary/aromatic N) is 1. The summed E-state index contributed by atoms with van der Waals surface area (Å²) in [5.74, 6) is -0.00890. The summed E-state index contributed by atoms with van der Waals surface area (Å²) in [4.78, 5) is 30.2. The fourth-order valence-electron chi connectivity index (χ4n) is 3.81. The molecule has 3 rings (SSSR count). The highest BCUT2D eigenvalue weighted by molar-refractivity contribution is 8.16. The second-order valence-corrected chi connectivity index (χ2v) is 9.05. The van der Waals surface area contributed by atoms with Crippen LogP contribution in [0.4, 0.5) is 5.69 Å². The molecule has 0 radical (unpaired) electrons. The third-order valence-electron chi connectivity index (χ3n) is 5.91.